The van der Waals surface area contributed by atoms with E-state index in [1.165, 1.54) is 4.88 Å². The highest BCUT2D eigenvalue weighted by Crippen LogP contribution is 2.36. The van der Waals surface area contributed by atoms with Crippen LogP contribution in [-0.4, -0.2) is 31.6 Å². The summed E-state index contributed by atoms with van der Waals surface area (Å²) in [5.41, 5.74) is 1.50. The average molecular weight is 358 g/mol. The molecule has 0 atom stereocenters. The summed E-state index contributed by atoms with van der Waals surface area (Å²) in [5.74, 6) is -1.25. The van der Waals surface area contributed by atoms with Crippen LogP contribution in [0.3, 0.4) is 0 Å². The molecule has 2 amide bonds. The van der Waals surface area contributed by atoms with Gasteiger partial charge in [0.25, 0.3) is 0 Å². The molecule has 6 heteroatoms. The lowest BCUT2D eigenvalue weighted by Crippen LogP contribution is -2.46. The minimum absolute atomic E-state index is 0.147. The second kappa shape index (κ2) is 7.80. The fraction of sp³-hybridized carbons (Fsp3) is 0.368. The average Bonchev–Trinajstić information content (AvgIpc) is 3.16. The zero-order chi connectivity index (χ0) is 17.7. The first-order chi connectivity index (χ1) is 12.1. The first-order valence-electron chi connectivity index (χ1n) is 8.37. The molecule has 1 aliphatic heterocycles. The molecule has 2 N–H and O–H groups in total. The third-order valence-electron chi connectivity index (χ3n) is 4.56. The largest absolute Gasteiger partial charge is 0.381 e. The van der Waals surface area contributed by atoms with Gasteiger partial charge in [0, 0.05) is 35.7 Å². The second-order valence-corrected chi connectivity index (χ2v) is 7.32. The van der Waals surface area contributed by atoms with Crippen molar-refractivity contribution in [1.29, 1.82) is 0 Å². The standard InChI is InChI=1S/C19H22N2O3S/c1-14-4-2-5-15(12-14)21-18(23)17(22)20-13-19(7-9-24-10-8-19)16-6-3-11-25-16/h2-6,11-12H,7-10,13H2,1H3,(H,20,22)(H,21,23). The number of anilines is 1. The number of carbonyl (C=O) groups excluding carboxylic acids is 2. The maximum atomic E-state index is 12.2. The molecule has 2 aromatic rings. The van der Waals surface area contributed by atoms with E-state index in [1.54, 1.807) is 17.4 Å². The Morgan fingerprint density at radius 2 is 1.96 bits per heavy atom. The number of hydrogen-bond acceptors (Lipinski definition) is 4. The van der Waals surface area contributed by atoms with E-state index in [1.807, 2.05) is 36.6 Å². The van der Waals surface area contributed by atoms with Crippen molar-refractivity contribution in [3.63, 3.8) is 0 Å². The predicted octanol–water partition coefficient (Wildman–Crippen LogP) is 2.86. The highest BCUT2D eigenvalue weighted by atomic mass is 32.1. The van der Waals surface area contributed by atoms with E-state index in [0.717, 1.165) is 18.4 Å². The molecule has 1 saturated heterocycles. The fourth-order valence-electron chi connectivity index (χ4n) is 3.09. The Labute approximate surface area is 151 Å². The summed E-state index contributed by atoms with van der Waals surface area (Å²) in [5, 5.41) is 7.50. The SMILES string of the molecule is Cc1cccc(NC(=O)C(=O)NCC2(c3cccs3)CCOCC2)c1. The summed E-state index contributed by atoms with van der Waals surface area (Å²) < 4.78 is 5.48. The van der Waals surface area contributed by atoms with Gasteiger partial charge in [0.2, 0.25) is 0 Å². The van der Waals surface area contributed by atoms with Gasteiger partial charge in [0.15, 0.2) is 0 Å². The molecular weight excluding hydrogens is 336 g/mol. The van der Waals surface area contributed by atoms with Crippen molar-refractivity contribution in [3.8, 4) is 0 Å². The van der Waals surface area contributed by atoms with Crippen LogP contribution >= 0.6 is 11.3 Å². The number of nitrogens with one attached hydrogen (secondary N) is 2. The molecule has 0 unspecified atom stereocenters. The van der Waals surface area contributed by atoms with E-state index in [2.05, 4.69) is 16.7 Å². The molecule has 132 valence electrons. The third kappa shape index (κ3) is 4.27. The number of aryl methyl sites for hydroxylation is 1. The van der Waals surface area contributed by atoms with Crippen LogP contribution in [-0.2, 0) is 19.7 Å². The summed E-state index contributed by atoms with van der Waals surface area (Å²) in [4.78, 5) is 25.6. The highest BCUT2D eigenvalue weighted by molar-refractivity contribution is 7.10. The van der Waals surface area contributed by atoms with Gasteiger partial charge in [-0.3, -0.25) is 9.59 Å². The molecule has 0 saturated carbocycles. The van der Waals surface area contributed by atoms with Gasteiger partial charge in [0.1, 0.15) is 0 Å². The van der Waals surface area contributed by atoms with E-state index in [9.17, 15) is 9.59 Å². The van der Waals surface area contributed by atoms with Crippen molar-refractivity contribution in [2.75, 3.05) is 25.1 Å². The number of amides is 2. The van der Waals surface area contributed by atoms with Crippen molar-refractivity contribution in [1.82, 2.24) is 5.32 Å². The van der Waals surface area contributed by atoms with Crippen LogP contribution in [0.5, 0.6) is 0 Å². The zero-order valence-corrected chi connectivity index (χ0v) is 15.0. The van der Waals surface area contributed by atoms with Gasteiger partial charge in [-0.1, -0.05) is 18.2 Å². The fourth-order valence-corrected chi connectivity index (χ4v) is 4.08. The molecule has 3 rings (SSSR count). The van der Waals surface area contributed by atoms with Crippen LogP contribution in [0, 0.1) is 6.92 Å². The molecule has 1 aliphatic rings. The van der Waals surface area contributed by atoms with E-state index in [-0.39, 0.29) is 5.41 Å². The molecule has 0 aliphatic carbocycles. The molecule has 0 bridgehead atoms. The second-order valence-electron chi connectivity index (χ2n) is 6.38. The van der Waals surface area contributed by atoms with Crippen molar-refractivity contribution >= 4 is 28.8 Å². The predicted molar refractivity (Wildman–Crippen MR) is 98.9 cm³/mol. The number of ether oxygens (including phenoxy) is 1. The topological polar surface area (TPSA) is 67.4 Å². The van der Waals surface area contributed by atoms with Crippen molar-refractivity contribution < 1.29 is 14.3 Å². The van der Waals surface area contributed by atoms with Gasteiger partial charge in [-0.05, 0) is 48.9 Å². The van der Waals surface area contributed by atoms with Crippen LogP contribution < -0.4 is 10.6 Å². The minimum Gasteiger partial charge on any atom is -0.381 e. The van der Waals surface area contributed by atoms with Gasteiger partial charge in [-0.15, -0.1) is 11.3 Å². The summed E-state index contributed by atoms with van der Waals surface area (Å²) in [6.45, 7) is 3.72. The van der Waals surface area contributed by atoms with Gasteiger partial charge >= 0.3 is 11.8 Å². The smallest absolute Gasteiger partial charge is 0.313 e. The minimum atomic E-state index is -0.640. The molecular formula is C19H22N2O3S. The maximum absolute atomic E-state index is 12.2. The van der Waals surface area contributed by atoms with Gasteiger partial charge < -0.3 is 15.4 Å². The summed E-state index contributed by atoms with van der Waals surface area (Å²) in [6.07, 6.45) is 1.68. The van der Waals surface area contributed by atoms with Crippen LogP contribution in [0.1, 0.15) is 23.3 Å². The van der Waals surface area contributed by atoms with Crippen LogP contribution in [0.15, 0.2) is 41.8 Å². The van der Waals surface area contributed by atoms with E-state index >= 15 is 0 Å². The monoisotopic (exact) mass is 358 g/mol. The molecule has 1 aromatic heterocycles. The Morgan fingerprint density at radius 1 is 1.16 bits per heavy atom. The van der Waals surface area contributed by atoms with Crippen molar-refractivity contribution in [3.05, 3.63) is 52.2 Å². The van der Waals surface area contributed by atoms with Crippen LogP contribution in [0.2, 0.25) is 0 Å². The Hall–Kier alpha value is -2.18. The summed E-state index contributed by atoms with van der Waals surface area (Å²) in [7, 11) is 0. The Bertz CT molecular complexity index is 737. The van der Waals surface area contributed by atoms with E-state index < -0.39 is 11.8 Å². The first-order valence-corrected chi connectivity index (χ1v) is 9.25. The molecule has 1 aromatic carbocycles. The molecule has 1 fully saturated rings. The number of carbonyl (C=O) groups is 2. The zero-order valence-electron chi connectivity index (χ0n) is 14.2. The van der Waals surface area contributed by atoms with Gasteiger partial charge in [-0.2, -0.15) is 0 Å². The Kier molecular flexibility index (Phi) is 5.50. The molecule has 0 spiro atoms. The number of hydrogen-bond donors (Lipinski definition) is 2. The highest BCUT2D eigenvalue weighted by Gasteiger charge is 2.36. The Morgan fingerprint density at radius 3 is 2.64 bits per heavy atom. The first kappa shape index (κ1) is 17.6. The number of rotatable bonds is 4. The molecule has 0 radical (unpaired) electrons. The van der Waals surface area contributed by atoms with Crippen LogP contribution in [0.4, 0.5) is 5.69 Å². The molecule has 2 heterocycles. The maximum Gasteiger partial charge on any atom is 0.313 e. The van der Waals surface area contributed by atoms with E-state index in [0.29, 0.717) is 25.4 Å². The normalized spacial score (nSPS) is 16.2. The van der Waals surface area contributed by atoms with Crippen molar-refractivity contribution in [2.45, 2.75) is 25.2 Å². The lowest BCUT2D eigenvalue weighted by Gasteiger charge is -2.36. The van der Waals surface area contributed by atoms with Gasteiger partial charge in [-0.25, -0.2) is 0 Å². The van der Waals surface area contributed by atoms with Crippen LogP contribution in [0.25, 0.3) is 0 Å². The van der Waals surface area contributed by atoms with Gasteiger partial charge in [0.05, 0.1) is 0 Å². The van der Waals surface area contributed by atoms with Crippen molar-refractivity contribution in [2.24, 2.45) is 0 Å². The molecule has 5 nitrogen and oxygen atoms in total. The lowest BCUT2D eigenvalue weighted by molar-refractivity contribution is -0.136. The lowest BCUT2D eigenvalue weighted by atomic mass is 9.78. The number of benzene rings is 1. The summed E-state index contributed by atoms with van der Waals surface area (Å²) in [6, 6.07) is 11.5. The Balaban J connectivity index is 1.62. The summed E-state index contributed by atoms with van der Waals surface area (Å²) >= 11 is 1.69. The number of thiophene rings is 1. The van der Waals surface area contributed by atoms with E-state index in [4.69, 9.17) is 4.74 Å². The molecule has 25 heavy (non-hydrogen) atoms. The quantitative estimate of drug-likeness (QED) is 0.826. The third-order valence-corrected chi connectivity index (χ3v) is 5.68.